The van der Waals surface area contributed by atoms with E-state index in [-0.39, 0.29) is 5.97 Å². The summed E-state index contributed by atoms with van der Waals surface area (Å²) >= 11 is 0. The molecule has 138 valence electrons. The molecular weight excluding hydrogens is 332 g/mol. The van der Waals surface area contributed by atoms with Gasteiger partial charge < -0.3 is 14.2 Å². The molecule has 5 heteroatoms. The van der Waals surface area contributed by atoms with Crippen molar-refractivity contribution in [3.8, 4) is 11.5 Å². The zero-order chi connectivity index (χ0) is 18.6. The third-order valence-corrected chi connectivity index (χ3v) is 3.70. The Morgan fingerprint density at radius 1 is 1.04 bits per heavy atom. The largest absolute Gasteiger partial charge is 0.493 e. The lowest BCUT2D eigenvalue weighted by Crippen LogP contribution is -2.06. The minimum Gasteiger partial charge on any atom is -0.493 e. The summed E-state index contributed by atoms with van der Waals surface area (Å²) in [5, 5.41) is 0. The third-order valence-electron chi connectivity index (χ3n) is 3.70. The van der Waals surface area contributed by atoms with Gasteiger partial charge in [-0.1, -0.05) is 30.3 Å². The maximum Gasteiger partial charge on any atom is 0.305 e. The van der Waals surface area contributed by atoms with Crippen LogP contribution in [0.2, 0.25) is 0 Å². The monoisotopic (exact) mass is 356 g/mol. The summed E-state index contributed by atoms with van der Waals surface area (Å²) in [6, 6.07) is 14.7. The fourth-order valence-corrected chi connectivity index (χ4v) is 2.39. The number of benzene rings is 2. The van der Waals surface area contributed by atoms with Gasteiger partial charge in [-0.3, -0.25) is 9.59 Å². The van der Waals surface area contributed by atoms with Gasteiger partial charge in [0.15, 0.2) is 0 Å². The van der Waals surface area contributed by atoms with Gasteiger partial charge in [0.2, 0.25) is 0 Å². The van der Waals surface area contributed by atoms with E-state index >= 15 is 0 Å². The molecule has 0 bridgehead atoms. The Balaban J connectivity index is 1.81. The predicted octanol–water partition coefficient (Wildman–Crippen LogP) is 4.19. The smallest absolute Gasteiger partial charge is 0.305 e. The number of carbonyl (C=O) groups is 2. The van der Waals surface area contributed by atoms with Gasteiger partial charge in [-0.2, -0.15) is 0 Å². The van der Waals surface area contributed by atoms with E-state index in [0.717, 1.165) is 30.4 Å². The van der Waals surface area contributed by atoms with Crippen LogP contribution in [0.1, 0.15) is 42.1 Å². The number of aldehydes is 1. The summed E-state index contributed by atoms with van der Waals surface area (Å²) in [5.41, 5.74) is 1.50. The molecule has 0 unspecified atom stereocenters. The van der Waals surface area contributed by atoms with Gasteiger partial charge in [-0.15, -0.1) is 0 Å². The quantitative estimate of drug-likeness (QED) is 0.343. The summed E-state index contributed by atoms with van der Waals surface area (Å²) < 4.78 is 16.5. The van der Waals surface area contributed by atoms with Gasteiger partial charge in [0.05, 0.1) is 13.2 Å². The minimum absolute atomic E-state index is 0.168. The maximum atomic E-state index is 11.3. The molecule has 0 atom stereocenters. The van der Waals surface area contributed by atoms with Gasteiger partial charge in [0, 0.05) is 17.5 Å². The van der Waals surface area contributed by atoms with Crippen LogP contribution in [0.25, 0.3) is 0 Å². The van der Waals surface area contributed by atoms with Crippen LogP contribution in [-0.2, 0) is 16.1 Å². The van der Waals surface area contributed by atoms with Crippen molar-refractivity contribution in [1.82, 2.24) is 0 Å². The van der Waals surface area contributed by atoms with Crippen molar-refractivity contribution in [2.24, 2.45) is 0 Å². The molecule has 26 heavy (non-hydrogen) atoms. The molecule has 0 spiro atoms. The van der Waals surface area contributed by atoms with E-state index in [4.69, 9.17) is 14.2 Å². The van der Waals surface area contributed by atoms with Crippen molar-refractivity contribution in [2.45, 2.75) is 32.8 Å². The maximum absolute atomic E-state index is 11.3. The van der Waals surface area contributed by atoms with Crippen LogP contribution in [0.3, 0.4) is 0 Å². The lowest BCUT2D eigenvalue weighted by molar-refractivity contribution is -0.143. The van der Waals surface area contributed by atoms with Crippen LogP contribution in [0, 0.1) is 0 Å². The van der Waals surface area contributed by atoms with Crippen molar-refractivity contribution in [1.29, 1.82) is 0 Å². The molecule has 0 saturated carbocycles. The molecule has 0 aliphatic heterocycles. The van der Waals surface area contributed by atoms with Crippen LogP contribution < -0.4 is 9.47 Å². The van der Waals surface area contributed by atoms with Crippen molar-refractivity contribution in [3.63, 3.8) is 0 Å². The molecule has 0 aliphatic carbocycles. The van der Waals surface area contributed by atoms with E-state index in [1.54, 1.807) is 25.1 Å². The van der Waals surface area contributed by atoms with Crippen LogP contribution in [0.5, 0.6) is 11.5 Å². The second-order valence-corrected chi connectivity index (χ2v) is 5.70. The number of unbranched alkanes of at least 4 members (excludes halogenated alkanes) is 1. The molecular formula is C21H24O5. The van der Waals surface area contributed by atoms with Crippen LogP contribution in [0.4, 0.5) is 0 Å². The predicted molar refractivity (Wildman–Crippen MR) is 98.6 cm³/mol. The fraction of sp³-hybridized carbons (Fsp3) is 0.333. The SMILES string of the molecule is CCOC(=O)CCCCOc1ccccc1COc1cccc(C=O)c1. The van der Waals surface area contributed by atoms with E-state index in [1.807, 2.05) is 30.3 Å². The van der Waals surface area contributed by atoms with Gasteiger partial charge in [-0.05, 0) is 38.0 Å². The molecule has 0 N–H and O–H groups in total. The lowest BCUT2D eigenvalue weighted by Gasteiger charge is -2.12. The summed E-state index contributed by atoms with van der Waals surface area (Å²) in [7, 11) is 0. The molecule has 5 nitrogen and oxygen atoms in total. The normalized spacial score (nSPS) is 10.2. The molecule has 2 aromatic carbocycles. The number of esters is 1. The van der Waals surface area contributed by atoms with Crippen molar-refractivity contribution < 1.29 is 23.8 Å². The first-order valence-electron chi connectivity index (χ1n) is 8.77. The molecule has 0 fully saturated rings. The average Bonchev–Trinajstić information content (AvgIpc) is 2.67. The number of rotatable bonds is 11. The van der Waals surface area contributed by atoms with E-state index in [1.165, 1.54) is 0 Å². The molecule has 2 rings (SSSR count). The van der Waals surface area contributed by atoms with Crippen molar-refractivity contribution >= 4 is 12.3 Å². The first-order chi connectivity index (χ1) is 12.7. The zero-order valence-electron chi connectivity index (χ0n) is 15.0. The van der Waals surface area contributed by atoms with E-state index in [2.05, 4.69) is 0 Å². The number of hydrogen-bond acceptors (Lipinski definition) is 5. The second kappa shape index (κ2) is 10.9. The average molecular weight is 356 g/mol. The van der Waals surface area contributed by atoms with Gasteiger partial charge in [-0.25, -0.2) is 0 Å². The Morgan fingerprint density at radius 2 is 1.88 bits per heavy atom. The summed E-state index contributed by atoms with van der Waals surface area (Å²) in [5.74, 6) is 1.23. The minimum atomic E-state index is -0.168. The summed E-state index contributed by atoms with van der Waals surface area (Å²) in [6.45, 7) is 3.09. The van der Waals surface area contributed by atoms with Gasteiger partial charge in [0.1, 0.15) is 24.4 Å². The molecule has 0 saturated heterocycles. The molecule has 0 heterocycles. The first kappa shape index (κ1) is 19.5. The number of para-hydroxylation sites is 1. The molecule has 0 aromatic heterocycles. The zero-order valence-corrected chi connectivity index (χ0v) is 15.0. The first-order valence-corrected chi connectivity index (χ1v) is 8.77. The summed E-state index contributed by atoms with van der Waals surface area (Å²) in [6.07, 6.45) is 2.71. The van der Waals surface area contributed by atoms with Crippen LogP contribution >= 0.6 is 0 Å². The fourth-order valence-electron chi connectivity index (χ4n) is 2.39. The molecule has 0 radical (unpaired) electrons. The number of carbonyl (C=O) groups excluding carboxylic acids is 2. The highest BCUT2D eigenvalue weighted by Crippen LogP contribution is 2.21. The molecule has 0 amide bonds. The van der Waals surface area contributed by atoms with E-state index in [9.17, 15) is 9.59 Å². The Labute approximate surface area is 153 Å². The lowest BCUT2D eigenvalue weighted by atomic mass is 10.2. The van der Waals surface area contributed by atoms with Crippen molar-refractivity contribution in [3.05, 3.63) is 59.7 Å². The standard InChI is InChI=1S/C21H24O5/c1-2-24-21(23)12-5-6-13-25-20-11-4-3-9-18(20)16-26-19-10-7-8-17(14-19)15-22/h3-4,7-11,14-15H,2,5-6,12-13,16H2,1H3. The van der Waals surface area contributed by atoms with E-state index < -0.39 is 0 Å². The third kappa shape index (κ3) is 6.59. The topological polar surface area (TPSA) is 61.8 Å². The highest BCUT2D eigenvalue weighted by molar-refractivity contribution is 5.75. The van der Waals surface area contributed by atoms with E-state index in [0.29, 0.717) is 37.6 Å². The Kier molecular flexibility index (Phi) is 8.19. The Morgan fingerprint density at radius 3 is 2.69 bits per heavy atom. The highest BCUT2D eigenvalue weighted by Gasteiger charge is 2.06. The van der Waals surface area contributed by atoms with Gasteiger partial charge in [0.25, 0.3) is 0 Å². The molecule has 0 aliphatic rings. The Bertz CT molecular complexity index is 711. The molecule has 2 aromatic rings. The van der Waals surface area contributed by atoms with Crippen LogP contribution in [0.15, 0.2) is 48.5 Å². The second-order valence-electron chi connectivity index (χ2n) is 5.70. The van der Waals surface area contributed by atoms with Crippen molar-refractivity contribution in [2.75, 3.05) is 13.2 Å². The Hall–Kier alpha value is -2.82. The van der Waals surface area contributed by atoms with Crippen LogP contribution in [-0.4, -0.2) is 25.5 Å². The number of hydrogen-bond donors (Lipinski definition) is 0. The highest BCUT2D eigenvalue weighted by atomic mass is 16.5. The van der Waals surface area contributed by atoms with Gasteiger partial charge >= 0.3 is 5.97 Å². The summed E-state index contributed by atoms with van der Waals surface area (Å²) in [4.78, 5) is 22.1. The number of ether oxygens (including phenoxy) is 3.